The van der Waals surface area contributed by atoms with Gasteiger partial charge in [0.1, 0.15) is 23.2 Å². The molecule has 2 atom stereocenters. The number of morpholine rings is 1. The van der Waals surface area contributed by atoms with Crippen molar-refractivity contribution in [2.24, 2.45) is 11.8 Å². The van der Waals surface area contributed by atoms with E-state index in [1.807, 2.05) is 0 Å². The van der Waals surface area contributed by atoms with Crippen molar-refractivity contribution in [3.05, 3.63) is 46.9 Å². The summed E-state index contributed by atoms with van der Waals surface area (Å²) in [5.41, 5.74) is 1.52. The third kappa shape index (κ3) is 5.27. The number of rotatable bonds is 5. The van der Waals surface area contributed by atoms with Gasteiger partial charge in [0.05, 0.1) is 49.6 Å². The molecule has 2 unspecified atom stereocenters. The van der Waals surface area contributed by atoms with Crippen molar-refractivity contribution in [2.75, 3.05) is 32.8 Å². The van der Waals surface area contributed by atoms with Crippen LogP contribution in [0.4, 0.5) is 18.0 Å². The van der Waals surface area contributed by atoms with Gasteiger partial charge in [-0.2, -0.15) is 0 Å². The smallest absolute Gasteiger partial charge is 0.321 e. The molecule has 3 aliphatic rings. The number of hydrogen-bond donors (Lipinski definition) is 2. The molecule has 13 heteroatoms. The zero-order valence-corrected chi connectivity index (χ0v) is 23.0. The zero-order chi connectivity index (χ0) is 28.9. The molecule has 6 rings (SSSR count). The first-order valence-corrected chi connectivity index (χ1v) is 14.0. The van der Waals surface area contributed by atoms with Gasteiger partial charge in [-0.25, -0.2) is 22.9 Å². The fourth-order valence-corrected chi connectivity index (χ4v) is 6.16. The molecule has 1 saturated carbocycles. The summed E-state index contributed by atoms with van der Waals surface area (Å²) in [7, 11) is 0. The van der Waals surface area contributed by atoms with E-state index in [9.17, 15) is 18.4 Å². The molecule has 2 N–H and O–H groups in total. The number of amides is 3. The first-order valence-electron chi connectivity index (χ1n) is 14.0. The van der Waals surface area contributed by atoms with E-state index in [1.54, 1.807) is 19.1 Å². The van der Waals surface area contributed by atoms with Gasteiger partial charge in [0.25, 0.3) is 11.8 Å². The van der Waals surface area contributed by atoms with E-state index < -0.39 is 42.9 Å². The lowest BCUT2D eigenvalue weighted by molar-refractivity contribution is -0.118. The average molecular weight is 575 g/mol. The van der Waals surface area contributed by atoms with E-state index >= 15 is 4.39 Å². The molecule has 4 heterocycles. The summed E-state index contributed by atoms with van der Waals surface area (Å²) in [6, 6.07) is 1.40. The van der Waals surface area contributed by atoms with Crippen molar-refractivity contribution in [3.63, 3.8) is 0 Å². The summed E-state index contributed by atoms with van der Waals surface area (Å²) in [6.07, 6.45) is 5.08. The second-order valence-electron chi connectivity index (χ2n) is 11.6. The Morgan fingerprint density at radius 2 is 1.95 bits per heavy atom. The van der Waals surface area contributed by atoms with E-state index in [0.717, 1.165) is 30.6 Å². The van der Waals surface area contributed by atoms with Gasteiger partial charge >= 0.3 is 6.03 Å². The number of likely N-dealkylation sites (tertiary alicyclic amines) is 1. The molecule has 0 bridgehead atoms. The second-order valence-corrected chi connectivity index (χ2v) is 11.6. The lowest BCUT2D eigenvalue weighted by Crippen LogP contribution is -2.62. The Kier molecular flexibility index (Phi) is 7.16. The Labute approximate surface area is 234 Å². The maximum atomic E-state index is 16.1. The zero-order valence-electron chi connectivity index (χ0n) is 23.0. The number of hydrogen-bond acceptors (Lipinski definition) is 6. The Balaban J connectivity index is 1.30. The van der Waals surface area contributed by atoms with E-state index in [2.05, 4.69) is 27.4 Å². The second kappa shape index (κ2) is 10.7. The molecular formula is C28H33F3N6O4. The van der Waals surface area contributed by atoms with Crippen LogP contribution < -0.4 is 5.32 Å². The standard InChI is InChI=1S/C28H33F3N6O4/c1-15-3-5-17(6-4-15)23(34-26(38)19-11-41-35-16(19)2)25-32-20-8-7-18(22(29)24(20)33-25)21-12-40-10-9-37(21)27(39)36-13-28(30,31)14-36/h7-8,11,15,17,21,23H,3-6,9-10,12-14H2,1-2H3,(H,32,33)(H,34,38). The Bertz CT molecular complexity index is 1440. The molecule has 0 spiro atoms. The van der Waals surface area contributed by atoms with Crippen LogP contribution in [-0.4, -0.2) is 75.6 Å². The number of fused-ring (bicyclic) bond motifs is 1. The number of aryl methyl sites for hydroxylation is 1. The minimum absolute atomic E-state index is 0.0344. The fraction of sp³-hybridized carbons (Fsp3) is 0.571. The molecule has 220 valence electrons. The highest BCUT2D eigenvalue weighted by Gasteiger charge is 2.48. The minimum Gasteiger partial charge on any atom is -0.377 e. The quantitative estimate of drug-likeness (QED) is 0.455. The number of carbonyl (C=O) groups is 2. The number of H-pyrrole nitrogens is 1. The van der Waals surface area contributed by atoms with Crippen LogP contribution in [-0.2, 0) is 4.74 Å². The van der Waals surface area contributed by atoms with Crippen LogP contribution in [0, 0.1) is 24.6 Å². The van der Waals surface area contributed by atoms with Gasteiger partial charge in [-0.05, 0) is 37.7 Å². The summed E-state index contributed by atoms with van der Waals surface area (Å²) < 4.78 is 53.5. The number of imidazole rings is 1. The van der Waals surface area contributed by atoms with Gasteiger partial charge < -0.3 is 29.4 Å². The molecule has 2 saturated heterocycles. The topological polar surface area (TPSA) is 117 Å². The molecular weight excluding hydrogens is 541 g/mol. The number of aromatic nitrogens is 3. The SMILES string of the molecule is Cc1nocc1C(=O)NC(c1nc2c(F)c(C3COCCN3C(=O)N3CC(F)(F)C3)ccc2[nH]1)C1CCC(C)CC1. The van der Waals surface area contributed by atoms with Crippen LogP contribution in [0.3, 0.4) is 0 Å². The van der Waals surface area contributed by atoms with Gasteiger partial charge in [-0.1, -0.05) is 31.0 Å². The molecule has 3 fully saturated rings. The largest absolute Gasteiger partial charge is 0.377 e. The van der Waals surface area contributed by atoms with Crippen molar-refractivity contribution >= 4 is 23.0 Å². The summed E-state index contributed by atoms with van der Waals surface area (Å²) in [5.74, 6) is -2.75. The van der Waals surface area contributed by atoms with Crippen LogP contribution >= 0.6 is 0 Å². The Morgan fingerprint density at radius 3 is 2.63 bits per heavy atom. The van der Waals surface area contributed by atoms with Crippen LogP contribution in [0.5, 0.6) is 0 Å². The number of urea groups is 1. The molecule has 2 aromatic heterocycles. The van der Waals surface area contributed by atoms with E-state index in [0.29, 0.717) is 28.5 Å². The molecule has 1 aromatic carbocycles. The highest BCUT2D eigenvalue weighted by molar-refractivity contribution is 5.95. The normalized spacial score (nSPS) is 25.1. The molecule has 10 nitrogen and oxygen atoms in total. The minimum atomic E-state index is -2.90. The molecule has 0 radical (unpaired) electrons. The molecule has 3 amide bonds. The van der Waals surface area contributed by atoms with Gasteiger partial charge in [-0.3, -0.25) is 4.79 Å². The maximum absolute atomic E-state index is 16.1. The van der Waals surface area contributed by atoms with Crippen LogP contribution in [0.1, 0.15) is 72.1 Å². The summed E-state index contributed by atoms with van der Waals surface area (Å²) in [5, 5.41) is 6.88. The number of halogens is 3. The monoisotopic (exact) mass is 574 g/mol. The summed E-state index contributed by atoms with van der Waals surface area (Å²) in [4.78, 5) is 36.5. The fourth-order valence-electron chi connectivity index (χ4n) is 6.16. The number of alkyl halides is 2. The van der Waals surface area contributed by atoms with Crippen LogP contribution in [0.15, 0.2) is 22.9 Å². The van der Waals surface area contributed by atoms with Gasteiger partial charge in [0, 0.05) is 12.1 Å². The number of carbonyl (C=O) groups excluding carboxylic acids is 2. The molecule has 3 aromatic rings. The number of nitrogens with one attached hydrogen (secondary N) is 2. The molecule has 1 aliphatic carbocycles. The highest BCUT2D eigenvalue weighted by atomic mass is 19.3. The first kappa shape index (κ1) is 27.6. The van der Waals surface area contributed by atoms with E-state index in [-0.39, 0.29) is 42.7 Å². The van der Waals surface area contributed by atoms with Crippen molar-refractivity contribution < 1.29 is 32.0 Å². The first-order chi connectivity index (χ1) is 19.6. The highest BCUT2D eigenvalue weighted by Crippen LogP contribution is 2.38. The van der Waals surface area contributed by atoms with Gasteiger partial charge in [0.2, 0.25) is 0 Å². The Hall–Kier alpha value is -3.61. The Morgan fingerprint density at radius 1 is 1.20 bits per heavy atom. The van der Waals surface area contributed by atoms with Gasteiger partial charge in [-0.15, -0.1) is 0 Å². The van der Waals surface area contributed by atoms with E-state index in [1.165, 1.54) is 11.2 Å². The number of nitrogens with zero attached hydrogens (tertiary/aromatic N) is 4. The van der Waals surface area contributed by atoms with Crippen LogP contribution in [0.2, 0.25) is 0 Å². The molecule has 2 aliphatic heterocycles. The lowest BCUT2D eigenvalue weighted by atomic mass is 9.79. The molecule has 41 heavy (non-hydrogen) atoms. The number of ether oxygens (including phenoxy) is 1. The predicted molar refractivity (Wildman–Crippen MR) is 141 cm³/mol. The van der Waals surface area contributed by atoms with Crippen LogP contribution in [0.25, 0.3) is 11.0 Å². The third-order valence-electron chi connectivity index (χ3n) is 8.60. The van der Waals surface area contributed by atoms with Crippen molar-refractivity contribution in [3.8, 4) is 0 Å². The lowest BCUT2D eigenvalue weighted by Gasteiger charge is -2.44. The number of aromatic amines is 1. The summed E-state index contributed by atoms with van der Waals surface area (Å²) >= 11 is 0. The van der Waals surface area contributed by atoms with Crippen molar-refractivity contribution in [1.29, 1.82) is 0 Å². The van der Waals surface area contributed by atoms with Crippen molar-refractivity contribution in [2.45, 2.75) is 57.5 Å². The van der Waals surface area contributed by atoms with Crippen molar-refractivity contribution in [1.82, 2.24) is 30.2 Å². The summed E-state index contributed by atoms with van der Waals surface area (Å²) in [6.45, 7) is 3.01. The maximum Gasteiger partial charge on any atom is 0.321 e. The number of benzene rings is 1. The van der Waals surface area contributed by atoms with E-state index in [4.69, 9.17) is 9.26 Å². The predicted octanol–water partition coefficient (Wildman–Crippen LogP) is 4.74. The average Bonchev–Trinajstić information content (AvgIpc) is 3.57. The third-order valence-corrected chi connectivity index (χ3v) is 8.60. The van der Waals surface area contributed by atoms with Gasteiger partial charge in [0.15, 0.2) is 5.82 Å².